The van der Waals surface area contributed by atoms with Crippen molar-refractivity contribution >= 4 is 11.9 Å². The van der Waals surface area contributed by atoms with Crippen molar-refractivity contribution in [3.05, 3.63) is 35.9 Å². The quantitative estimate of drug-likeness (QED) is 0.931. The number of amides is 1. The van der Waals surface area contributed by atoms with Crippen LogP contribution in [0.3, 0.4) is 0 Å². The molecule has 2 aliphatic rings. The minimum atomic E-state index is -0.803. The lowest BCUT2D eigenvalue weighted by Crippen LogP contribution is -2.45. The largest absolute Gasteiger partial charge is 0.481 e. The first-order valence-corrected chi connectivity index (χ1v) is 8.73. The van der Waals surface area contributed by atoms with E-state index >= 15 is 0 Å². The number of piperidine rings is 1. The van der Waals surface area contributed by atoms with E-state index in [4.69, 9.17) is 0 Å². The average Bonchev–Trinajstić information content (AvgIpc) is 2.62. The van der Waals surface area contributed by atoms with E-state index in [1.54, 1.807) is 0 Å². The fraction of sp³-hybridized carbons (Fsp3) is 0.579. The average molecular weight is 315 g/mol. The topological polar surface area (TPSA) is 57.6 Å². The van der Waals surface area contributed by atoms with Gasteiger partial charge in [0.15, 0.2) is 0 Å². The molecule has 1 aromatic rings. The van der Waals surface area contributed by atoms with E-state index in [0.717, 1.165) is 45.2 Å². The number of hydrogen-bond donors (Lipinski definition) is 1. The lowest BCUT2D eigenvalue weighted by molar-refractivity contribution is -0.152. The zero-order chi connectivity index (χ0) is 16.2. The summed E-state index contributed by atoms with van der Waals surface area (Å²) in [5.41, 5.74) is 1.35. The highest BCUT2D eigenvalue weighted by molar-refractivity contribution is 5.85. The van der Waals surface area contributed by atoms with Crippen molar-refractivity contribution < 1.29 is 14.7 Å². The third-order valence-electron chi connectivity index (χ3n) is 5.48. The molecule has 124 valence electrons. The van der Waals surface area contributed by atoms with Gasteiger partial charge in [0, 0.05) is 13.1 Å². The van der Waals surface area contributed by atoms with Crippen LogP contribution in [0.5, 0.6) is 0 Å². The lowest BCUT2D eigenvalue weighted by atomic mass is 9.78. The summed E-state index contributed by atoms with van der Waals surface area (Å²) in [4.78, 5) is 26.1. The highest BCUT2D eigenvalue weighted by Gasteiger charge is 2.38. The third kappa shape index (κ3) is 3.57. The second kappa shape index (κ2) is 7.16. The molecule has 2 atom stereocenters. The van der Waals surface area contributed by atoms with Crippen LogP contribution in [0.1, 0.15) is 50.0 Å². The van der Waals surface area contributed by atoms with Crippen LogP contribution < -0.4 is 0 Å². The smallest absolute Gasteiger partial charge is 0.307 e. The fourth-order valence-corrected chi connectivity index (χ4v) is 4.11. The summed E-state index contributed by atoms with van der Waals surface area (Å²) in [5.74, 6) is -1.01. The zero-order valence-electron chi connectivity index (χ0n) is 13.5. The number of carbonyl (C=O) groups is 2. The van der Waals surface area contributed by atoms with Crippen LogP contribution in [-0.4, -0.2) is 35.0 Å². The summed E-state index contributed by atoms with van der Waals surface area (Å²) >= 11 is 0. The van der Waals surface area contributed by atoms with Gasteiger partial charge in [-0.15, -0.1) is 0 Å². The molecule has 2 fully saturated rings. The molecule has 1 heterocycles. The lowest BCUT2D eigenvalue weighted by Gasteiger charge is -2.37. The maximum Gasteiger partial charge on any atom is 0.307 e. The van der Waals surface area contributed by atoms with E-state index in [2.05, 4.69) is 24.3 Å². The standard InChI is InChI=1S/C19H25NO3/c21-18(16-8-4-5-9-17(16)19(22)23)20-12-10-15(11-13-20)14-6-2-1-3-7-14/h1-3,6-7,15-17H,4-5,8-13H2,(H,22,23). The van der Waals surface area contributed by atoms with Crippen molar-refractivity contribution in [2.75, 3.05) is 13.1 Å². The monoisotopic (exact) mass is 315 g/mol. The molecule has 0 radical (unpaired) electrons. The first kappa shape index (κ1) is 16.0. The molecule has 1 saturated heterocycles. The van der Waals surface area contributed by atoms with Gasteiger partial charge >= 0.3 is 5.97 Å². The minimum Gasteiger partial charge on any atom is -0.481 e. The first-order valence-electron chi connectivity index (χ1n) is 8.73. The van der Waals surface area contributed by atoms with Gasteiger partial charge in [0.1, 0.15) is 0 Å². The molecule has 4 nitrogen and oxygen atoms in total. The SMILES string of the molecule is O=C(O)C1CCCCC1C(=O)N1CCC(c2ccccc2)CC1. The molecule has 0 spiro atoms. The summed E-state index contributed by atoms with van der Waals surface area (Å²) in [6.45, 7) is 1.50. The summed E-state index contributed by atoms with van der Waals surface area (Å²) in [7, 11) is 0. The first-order chi connectivity index (χ1) is 11.2. The number of likely N-dealkylation sites (tertiary alicyclic amines) is 1. The molecule has 3 rings (SSSR count). The van der Waals surface area contributed by atoms with Gasteiger partial charge in [0.2, 0.25) is 5.91 Å². The van der Waals surface area contributed by atoms with Gasteiger partial charge in [-0.25, -0.2) is 0 Å². The van der Waals surface area contributed by atoms with Gasteiger partial charge in [-0.2, -0.15) is 0 Å². The molecule has 0 bridgehead atoms. The number of aliphatic carboxylic acids is 1. The molecule has 1 saturated carbocycles. The summed E-state index contributed by atoms with van der Waals surface area (Å²) < 4.78 is 0. The van der Waals surface area contributed by atoms with Crippen LogP contribution in [0.15, 0.2) is 30.3 Å². The van der Waals surface area contributed by atoms with Crippen LogP contribution in [0, 0.1) is 11.8 Å². The molecule has 1 N–H and O–H groups in total. The third-order valence-corrected chi connectivity index (χ3v) is 5.48. The van der Waals surface area contributed by atoms with E-state index in [0.29, 0.717) is 12.3 Å². The van der Waals surface area contributed by atoms with Crippen molar-refractivity contribution in [3.63, 3.8) is 0 Å². The second-order valence-electron chi connectivity index (χ2n) is 6.85. The van der Waals surface area contributed by atoms with Crippen LogP contribution >= 0.6 is 0 Å². The van der Waals surface area contributed by atoms with Crippen LogP contribution in [-0.2, 0) is 9.59 Å². The van der Waals surface area contributed by atoms with Crippen molar-refractivity contribution in [1.29, 1.82) is 0 Å². The molecule has 1 aliphatic heterocycles. The van der Waals surface area contributed by atoms with Gasteiger partial charge in [0.25, 0.3) is 0 Å². The Balaban J connectivity index is 1.60. The number of carboxylic acid groups (broad SMARTS) is 1. The second-order valence-corrected chi connectivity index (χ2v) is 6.85. The van der Waals surface area contributed by atoms with E-state index < -0.39 is 11.9 Å². The Hall–Kier alpha value is -1.84. The Morgan fingerprint density at radius 2 is 1.52 bits per heavy atom. The fourth-order valence-electron chi connectivity index (χ4n) is 4.11. The number of carbonyl (C=O) groups excluding carboxylic acids is 1. The highest BCUT2D eigenvalue weighted by Crippen LogP contribution is 2.34. The number of carboxylic acids is 1. The Bertz CT molecular complexity index is 549. The van der Waals surface area contributed by atoms with Gasteiger partial charge in [0.05, 0.1) is 11.8 Å². The maximum absolute atomic E-state index is 12.8. The van der Waals surface area contributed by atoms with Gasteiger partial charge in [-0.05, 0) is 37.2 Å². The molecule has 1 amide bonds. The molecule has 1 aromatic carbocycles. The van der Waals surface area contributed by atoms with E-state index in [9.17, 15) is 14.7 Å². The van der Waals surface area contributed by atoms with Crippen molar-refractivity contribution in [2.45, 2.75) is 44.4 Å². The Labute approximate surface area is 137 Å². The summed E-state index contributed by atoms with van der Waals surface area (Å²) in [6, 6.07) is 10.5. The molecule has 23 heavy (non-hydrogen) atoms. The van der Waals surface area contributed by atoms with Gasteiger partial charge < -0.3 is 10.0 Å². The highest BCUT2D eigenvalue weighted by atomic mass is 16.4. The van der Waals surface area contributed by atoms with Crippen molar-refractivity contribution in [2.24, 2.45) is 11.8 Å². The Kier molecular flexibility index (Phi) is 4.99. The maximum atomic E-state index is 12.8. The Morgan fingerprint density at radius 1 is 0.913 bits per heavy atom. The number of rotatable bonds is 3. The van der Waals surface area contributed by atoms with Gasteiger partial charge in [-0.1, -0.05) is 43.2 Å². The zero-order valence-corrected chi connectivity index (χ0v) is 13.5. The number of nitrogens with zero attached hydrogens (tertiary/aromatic N) is 1. The summed E-state index contributed by atoms with van der Waals surface area (Å²) in [5, 5.41) is 9.38. The van der Waals surface area contributed by atoms with Crippen molar-refractivity contribution in [3.8, 4) is 0 Å². The molecule has 0 aromatic heterocycles. The molecule has 4 heteroatoms. The van der Waals surface area contributed by atoms with E-state index in [-0.39, 0.29) is 11.8 Å². The van der Waals surface area contributed by atoms with E-state index in [1.807, 2.05) is 11.0 Å². The Morgan fingerprint density at radius 3 is 2.13 bits per heavy atom. The number of hydrogen-bond acceptors (Lipinski definition) is 2. The van der Waals surface area contributed by atoms with Crippen LogP contribution in [0.25, 0.3) is 0 Å². The van der Waals surface area contributed by atoms with Gasteiger partial charge in [-0.3, -0.25) is 9.59 Å². The predicted octanol–water partition coefficient (Wildman–Crippen LogP) is 3.28. The normalized spacial score (nSPS) is 26.0. The molecule has 1 aliphatic carbocycles. The number of benzene rings is 1. The molecule has 2 unspecified atom stereocenters. The summed E-state index contributed by atoms with van der Waals surface area (Å²) in [6.07, 6.45) is 5.22. The molecular weight excluding hydrogens is 290 g/mol. The van der Waals surface area contributed by atoms with Crippen LogP contribution in [0.2, 0.25) is 0 Å². The van der Waals surface area contributed by atoms with Crippen LogP contribution in [0.4, 0.5) is 0 Å². The minimum absolute atomic E-state index is 0.0728. The predicted molar refractivity (Wildman–Crippen MR) is 88.1 cm³/mol. The van der Waals surface area contributed by atoms with E-state index in [1.165, 1.54) is 5.56 Å². The molecular formula is C19H25NO3. The van der Waals surface area contributed by atoms with Crippen molar-refractivity contribution in [1.82, 2.24) is 4.90 Å².